The molecule has 20 heavy (non-hydrogen) atoms. The van der Waals surface area contributed by atoms with Crippen LogP contribution in [0.4, 0.5) is 0 Å². The van der Waals surface area contributed by atoms with Crippen LogP contribution in [0, 0.1) is 5.92 Å². The van der Waals surface area contributed by atoms with Crippen molar-refractivity contribution in [2.75, 3.05) is 13.2 Å². The van der Waals surface area contributed by atoms with Crippen molar-refractivity contribution in [2.24, 2.45) is 5.92 Å². The Morgan fingerprint density at radius 2 is 2.05 bits per heavy atom. The topological polar surface area (TPSA) is 27.1 Å². The summed E-state index contributed by atoms with van der Waals surface area (Å²) in [6, 6.07) is 5.79. The predicted octanol–water partition coefficient (Wildman–Crippen LogP) is 4.66. The Morgan fingerprint density at radius 3 is 2.70 bits per heavy atom. The van der Waals surface area contributed by atoms with Gasteiger partial charge in [0.05, 0.1) is 22.5 Å². The van der Waals surface area contributed by atoms with Crippen LogP contribution in [0.1, 0.15) is 32.0 Å². The standard InChI is InChI=1S/C15H20Cl2N2O/c1-10(2)9-20-8-7-19-13-6-4-5-12(17)14(13)18-15(19)11(3)16/h4-6,10-11H,7-9H2,1-3H3. The van der Waals surface area contributed by atoms with E-state index in [0.717, 1.165) is 30.0 Å². The van der Waals surface area contributed by atoms with Gasteiger partial charge in [-0.2, -0.15) is 0 Å². The molecule has 0 saturated carbocycles. The Bertz CT molecular complexity index is 579. The third kappa shape index (κ3) is 3.46. The lowest BCUT2D eigenvalue weighted by atomic mass is 10.2. The Hall–Kier alpha value is -0.770. The zero-order valence-electron chi connectivity index (χ0n) is 12.1. The maximum absolute atomic E-state index is 6.23. The molecular formula is C15H20Cl2N2O. The third-order valence-electron chi connectivity index (χ3n) is 3.03. The molecule has 5 heteroatoms. The molecule has 0 aliphatic heterocycles. The summed E-state index contributed by atoms with van der Waals surface area (Å²) in [6.07, 6.45) is 0. The molecule has 1 heterocycles. The molecule has 1 aromatic carbocycles. The second-order valence-electron chi connectivity index (χ2n) is 5.31. The van der Waals surface area contributed by atoms with Gasteiger partial charge in [-0.25, -0.2) is 4.98 Å². The van der Waals surface area contributed by atoms with Crippen molar-refractivity contribution >= 4 is 34.2 Å². The number of ether oxygens (including phenoxy) is 1. The molecule has 110 valence electrons. The van der Waals surface area contributed by atoms with Crippen LogP contribution in [-0.4, -0.2) is 22.8 Å². The molecular weight excluding hydrogens is 295 g/mol. The van der Waals surface area contributed by atoms with Crippen molar-refractivity contribution in [3.05, 3.63) is 29.0 Å². The van der Waals surface area contributed by atoms with E-state index in [4.69, 9.17) is 27.9 Å². The number of para-hydroxylation sites is 1. The molecule has 1 atom stereocenters. The molecule has 0 spiro atoms. The fourth-order valence-corrected chi connectivity index (χ4v) is 2.52. The highest BCUT2D eigenvalue weighted by Gasteiger charge is 2.16. The number of rotatable bonds is 6. The van der Waals surface area contributed by atoms with E-state index >= 15 is 0 Å². The second kappa shape index (κ2) is 6.79. The minimum Gasteiger partial charge on any atom is -0.379 e. The van der Waals surface area contributed by atoms with Crippen LogP contribution in [-0.2, 0) is 11.3 Å². The molecule has 0 N–H and O–H groups in total. The quantitative estimate of drug-likeness (QED) is 0.572. The Morgan fingerprint density at radius 1 is 1.30 bits per heavy atom. The molecule has 0 radical (unpaired) electrons. The molecule has 0 aliphatic carbocycles. The maximum Gasteiger partial charge on any atom is 0.127 e. The van der Waals surface area contributed by atoms with Crippen LogP contribution >= 0.6 is 23.2 Å². The van der Waals surface area contributed by atoms with Gasteiger partial charge in [0.15, 0.2) is 0 Å². The van der Waals surface area contributed by atoms with Crippen LogP contribution < -0.4 is 0 Å². The number of benzene rings is 1. The van der Waals surface area contributed by atoms with E-state index in [0.29, 0.717) is 17.5 Å². The lowest BCUT2D eigenvalue weighted by molar-refractivity contribution is 0.103. The first-order chi connectivity index (χ1) is 9.50. The van der Waals surface area contributed by atoms with Crippen molar-refractivity contribution in [1.82, 2.24) is 9.55 Å². The van der Waals surface area contributed by atoms with Crippen molar-refractivity contribution in [3.63, 3.8) is 0 Å². The first kappa shape index (κ1) is 15.6. The van der Waals surface area contributed by atoms with Crippen molar-refractivity contribution in [2.45, 2.75) is 32.7 Å². The molecule has 1 unspecified atom stereocenters. The van der Waals surface area contributed by atoms with Gasteiger partial charge in [-0.15, -0.1) is 11.6 Å². The number of alkyl halides is 1. The Balaban J connectivity index is 2.25. The fraction of sp³-hybridized carbons (Fsp3) is 0.533. The highest BCUT2D eigenvalue weighted by Crippen LogP contribution is 2.28. The normalized spacial score (nSPS) is 13.3. The summed E-state index contributed by atoms with van der Waals surface area (Å²) in [6.45, 7) is 8.33. The molecule has 2 rings (SSSR count). The fourth-order valence-electron chi connectivity index (χ4n) is 2.14. The maximum atomic E-state index is 6.23. The number of hydrogen-bond donors (Lipinski definition) is 0. The Kier molecular flexibility index (Phi) is 5.30. The summed E-state index contributed by atoms with van der Waals surface area (Å²) < 4.78 is 7.75. The summed E-state index contributed by atoms with van der Waals surface area (Å²) in [4.78, 5) is 4.57. The summed E-state index contributed by atoms with van der Waals surface area (Å²) in [5.41, 5.74) is 1.81. The van der Waals surface area contributed by atoms with Gasteiger partial charge in [-0.1, -0.05) is 31.5 Å². The summed E-state index contributed by atoms with van der Waals surface area (Å²) in [5.74, 6) is 1.37. The average molecular weight is 315 g/mol. The monoisotopic (exact) mass is 314 g/mol. The third-order valence-corrected chi connectivity index (χ3v) is 3.53. The first-order valence-corrected chi connectivity index (χ1v) is 7.68. The second-order valence-corrected chi connectivity index (χ2v) is 6.38. The van der Waals surface area contributed by atoms with Gasteiger partial charge in [0.25, 0.3) is 0 Å². The van der Waals surface area contributed by atoms with E-state index in [-0.39, 0.29) is 5.38 Å². The van der Waals surface area contributed by atoms with Crippen molar-refractivity contribution < 1.29 is 4.74 Å². The van der Waals surface area contributed by atoms with E-state index < -0.39 is 0 Å². The van der Waals surface area contributed by atoms with Gasteiger partial charge in [0.2, 0.25) is 0 Å². The predicted molar refractivity (Wildman–Crippen MR) is 84.7 cm³/mol. The molecule has 1 aromatic heterocycles. The smallest absolute Gasteiger partial charge is 0.127 e. The number of nitrogens with zero attached hydrogens (tertiary/aromatic N) is 2. The minimum atomic E-state index is -0.163. The molecule has 0 amide bonds. The molecule has 0 bridgehead atoms. The van der Waals surface area contributed by atoms with Gasteiger partial charge >= 0.3 is 0 Å². The van der Waals surface area contributed by atoms with Gasteiger partial charge in [-0.3, -0.25) is 0 Å². The van der Waals surface area contributed by atoms with Gasteiger partial charge in [0, 0.05) is 13.2 Å². The summed E-state index contributed by atoms with van der Waals surface area (Å²) in [7, 11) is 0. The molecule has 3 nitrogen and oxygen atoms in total. The van der Waals surface area contributed by atoms with Crippen LogP contribution in [0.5, 0.6) is 0 Å². The SMILES string of the molecule is CC(C)COCCn1c(C(C)Cl)nc2c(Cl)cccc21. The molecule has 0 fully saturated rings. The number of imidazole rings is 1. The van der Waals surface area contributed by atoms with E-state index in [1.807, 2.05) is 25.1 Å². The highest BCUT2D eigenvalue weighted by molar-refractivity contribution is 6.35. The molecule has 0 saturated heterocycles. The number of hydrogen-bond acceptors (Lipinski definition) is 2. The summed E-state index contributed by atoms with van der Waals surface area (Å²) in [5, 5.41) is 0.492. The first-order valence-electron chi connectivity index (χ1n) is 6.87. The van der Waals surface area contributed by atoms with E-state index in [2.05, 4.69) is 23.4 Å². The van der Waals surface area contributed by atoms with E-state index in [9.17, 15) is 0 Å². The van der Waals surface area contributed by atoms with Crippen molar-refractivity contribution in [3.8, 4) is 0 Å². The van der Waals surface area contributed by atoms with Crippen LogP contribution in [0.25, 0.3) is 11.0 Å². The summed E-state index contributed by atoms with van der Waals surface area (Å²) >= 11 is 12.4. The molecule has 0 aliphatic rings. The van der Waals surface area contributed by atoms with Crippen molar-refractivity contribution in [1.29, 1.82) is 0 Å². The van der Waals surface area contributed by atoms with Gasteiger partial charge in [0.1, 0.15) is 11.3 Å². The Labute approximate surface area is 129 Å². The highest BCUT2D eigenvalue weighted by atomic mass is 35.5. The zero-order chi connectivity index (χ0) is 14.7. The van der Waals surface area contributed by atoms with Crippen LogP contribution in [0.15, 0.2) is 18.2 Å². The van der Waals surface area contributed by atoms with E-state index in [1.165, 1.54) is 0 Å². The lowest BCUT2D eigenvalue weighted by Crippen LogP contribution is -2.12. The van der Waals surface area contributed by atoms with Crippen LogP contribution in [0.3, 0.4) is 0 Å². The lowest BCUT2D eigenvalue weighted by Gasteiger charge is -2.12. The largest absolute Gasteiger partial charge is 0.379 e. The minimum absolute atomic E-state index is 0.163. The number of aromatic nitrogens is 2. The van der Waals surface area contributed by atoms with Gasteiger partial charge in [-0.05, 0) is 25.0 Å². The average Bonchev–Trinajstić information content (AvgIpc) is 2.75. The molecule has 2 aromatic rings. The van der Waals surface area contributed by atoms with Gasteiger partial charge < -0.3 is 9.30 Å². The number of halogens is 2. The number of fused-ring (bicyclic) bond motifs is 1. The zero-order valence-corrected chi connectivity index (χ0v) is 13.6. The van der Waals surface area contributed by atoms with Crippen LogP contribution in [0.2, 0.25) is 5.02 Å². The van der Waals surface area contributed by atoms with E-state index in [1.54, 1.807) is 0 Å².